The van der Waals surface area contributed by atoms with Crippen molar-refractivity contribution in [1.29, 1.82) is 0 Å². The largest absolute Gasteiger partial charge is 0.487 e. The Labute approximate surface area is 179 Å². The molecule has 5 nitrogen and oxygen atoms in total. The Hall–Kier alpha value is -2.40. The zero-order valence-electron chi connectivity index (χ0n) is 18.3. The first-order valence-electron chi connectivity index (χ1n) is 11.2. The van der Waals surface area contributed by atoms with Crippen molar-refractivity contribution in [2.75, 3.05) is 0 Å². The molecule has 0 radical (unpaired) electrons. The summed E-state index contributed by atoms with van der Waals surface area (Å²) in [4.78, 5) is 20.0. The molecule has 0 saturated carbocycles. The van der Waals surface area contributed by atoms with Gasteiger partial charge in [-0.25, -0.2) is 0 Å². The predicted molar refractivity (Wildman–Crippen MR) is 118 cm³/mol. The Kier molecular flexibility index (Phi) is 6.09. The third-order valence-corrected chi connectivity index (χ3v) is 6.76. The van der Waals surface area contributed by atoms with Crippen molar-refractivity contribution in [3.63, 3.8) is 0 Å². The van der Waals surface area contributed by atoms with E-state index < -0.39 is 0 Å². The normalized spacial score (nSPS) is 25.6. The summed E-state index contributed by atoms with van der Waals surface area (Å²) in [6, 6.07) is 15.2. The van der Waals surface area contributed by atoms with E-state index in [1.54, 1.807) is 6.20 Å². The van der Waals surface area contributed by atoms with Crippen molar-refractivity contribution < 1.29 is 9.53 Å². The molecule has 0 aliphatic carbocycles. The molecule has 1 amide bonds. The van der Waals surface area contributed by atoms with E-state index in [2.05, 4.69) is 40.3 Å². The number of nitrogens with zero attached hydrogens (tertiary/aromatic N) is 2. The fourth-order valence-electron chi connectivity index (χ4n) is 5.32. The number of amides is 1. The molecule has 2 aliphatic rings. The zero-order chi connectivity index (χ0) is 21.1. The predicted octanol–water partition coefficient (Wildman–Crippen LogP) is 4.32. The monoisotopic (exact) mass is 407 g/mol. The van der Waals surface area contributed by atoms with Crippen LogP contribution in [0.15, 0.2) is 48.7 Å². The first kappa shape index (κ1) is 20.9. The van der Waals surface area contributed by atoms with Crippen LogP contribution in [0.3, 0.4) is 0 Å². The molecule has 2 aliphatic heterocycles. The number of carbonyl (C=O) groups excluding carboxylic acids is 1. The maximum atomic E-state index is 13.1. The Bertz CT molecular complexity index is 870. The smallest absolute Gasteiger partial charge is 0.228 e. The van der Waals surface area contributed by atoms with E-state index in [1.165, 1.54) is 12.0 Å². The van der Waals surface area contributed by atoms with Crippen molar-refractivity contribution >= 4 is 5.91 Å². The van der Waals surface area contributed by atoms with Gasteiger partial charge >= 0.3 is 0 Å². The molecule has 3 atom stereocenters. The molecule has 1 aromatic carbocycles. The molecule has 1 aromatic heterocycles. The number of nitrogens with one attached hydrogen (secondary N) is 1. The molecule has 2 bridgehead atoms. The second-order valence-corrected chi connectivity index (χ2v) is 9.02. The summed E-state index contributed by atoms with van der Waals surface area (Å²) in [6.45, 7) is 7.59. The quantitative estimate of drug-likeness (QED) is 0.708. The van der Waals surface area contributed by atoms with E-state index in [1.807, 2.05) is 38.1 Å². The van der Waals surface area contributed by atoms with Gasteiger partial charge in [-0.05, 0) is 69.4 Å². The minimum atomic E-state index is -0.250. The van der Waals surface area contributed by atoms with Crippen molar-refractivity contribution in [2.24, 2.45) is 5.41 Å². The van der Waals surface area contributed by atoms with Gasteiger partial charge in [0.2, 0.25) is 5.91 Å². The Morgan fingerprint density at radius 3 is 2.87 bits per heavy atom. The molecule has 0 spiro atoms. The van der Waals surface area contributed by atoms with Crippen molar-refractivity contribution in [1.82, 2.24) is 15.2 Å². The molecule has 160 valence electrons. The SMILES string of the molecule is CC[C@]1(C(=O)NC(C)C)C[C@H]2CC[C@@H]1N2Cc1cccc(OCc2ccccn2)c1. The van der Waals surface area contributed by atoms with Gasteiger partial charge in [0, 0.05) is 30.9 Å². The summed E-state index contributed by atoms with van der Waals surface area (Å²) in [6.07, 6.45) is 5.96. The van der Waals surface area contributed by atoms with Gasteiger partial charge in [0.25, 0.3) is 0 Å². The zero-order valence-corrected chi connectivity index (χ0v) is 18.3. The number of hydrogen-bond acceptors (Lipinski definition) is 4. The minimum absolute atomic E-state index is 0.182. The van der Waals surface area contributed by atoms with Gasteiger partial charge in [0.1, 0.15) is 12.4 Å². The van der Waals surface area contributed by atoms with Crippen LogP contribution in [0.25, 0.3) is 0 Å². The third kappa shape index (κ3) is 4.08. The number of ether oxygens (including phenoxy) is 1. The highest BCUT2D eigenvalue weighted by Crippen LogP contribution is 2.52. The summed E-state index contributed by atoms with van der Waals surface area (Å²) in [5.74, 6) is 1.11. The fraction of sp³-hybridized carbons (Fsp3) is 0.520. The molecule has 2 aromatic rings. The van der Waals surface area contributed by atoms with Gasteiger partial charge in [-0.1, -0.05) is 25.1 Å². The number of pyridine rings is 1. The van der Waals surface area contributed by atoms with Crippen LogP contribution in [0.1, 0.15) is 57.7 Å². The van der Waals surface area contributed by atoms with Crippen LogP contribution in [-0.2, 0) is 17.9 Å². The van der Waals surface area contributed by atoms with Gasteiger partial charge in [-0.15, -0.1) is 0 Å². The molecule has 2 saturated heterocycles. The lowest BCUT2D eigenvalue weighted by atomic mass is 9.71. The van der Waals surface area contributed by atoms with Crippen molar-refractivity contribution in [3.8, 4) is 5.75 Å². The van der Waals surface area contributed by atoms with Crippen LogP contribution in [0, 0.1) is 5.41 Å². The number of fused-ring (bicyclic) bond motifs is 2. The molecular weight excluding hydrogens is 374 g/mol. The number of rotatable bonds is 8. The minimum Gasteiger partial charge on any atom is -0.487 e. The summed E-state index contributed by atoms with van der Waals surface area (Å²) in [5.41, 5.74) is 1.91. The molecule has 5 heteroatoms. The van der Waals surface area contributed by atoms with E-state index >= 15 is 0 Å². The highest BCUT2D eigenvalue weighted by Gasteiger charge is 2.58. The summed E-state index contributed by atoms with van der Waals surface area (Å²) in [7, 11) is 0. The summed E-state index contributed by atoms with van der Waals surface area (Å²) >= 11 is 0. The molecule has 4 rings (SSSR count). The average Bonchev–Trinajstić information content (AvgIpc) is 3.28. The third-order valence-electron chi connectivity index (χ3n) is 6.76. The van der Waals surface area contributed by atoms with Gasteiger partial charge in [-0.3, -0.25) is 14.7 Å². The highest BCUT2D eigenvalue weighted by molar-refractivity contribution is 5.84. The number of benzene rings is 1. The fourth-order valence-corrected chi connectivity index (χ4v) is 5.32. The molecule has 0 unspecified atom stereocenters. The first-order chi connectivity index (χ1) is 14.5. The second-order valence-electron chi connectivity index (χ2n) is 9.02. The second kappa shape index (κ2) is 8.76. The van der Waals surface area contributed by atoms with Crippen LogP contribution < -0.4 is 10.1 Å². The Balaban J connectivity index is 1.45. The van der Waals surface area contributed by atoms with Crippen LogP contribution in [0.2, 0.25) is 0 Å². The Morgan fingerprint density at radius 2 is 2.13 bits per heavy atom. The van der Waals surface area contributed by atoms with Crippen LogP contribution >= 0.6 is 0 Å². The number of carbonyl (C=O) groups is 1. The van der Waals surface area contributed by atoms with E-state index in [9.17, 15) is 4.79 Å². The van der Waals surface area contributed by atoms with Gasteiger partial charge in [-0.2, -0.15) is 0 Å². The van der Waals surface area contributed by atoms with Gasteiger partial charge in [0.15, 0.2) is 0 Å². The van der Waals surface area contributed by atoms with E-state index in [-0.39, 0.29) is 17.4 Å². The van der Waals surface area contributed by atoms with Crippen molar-refractivity contribution in [2.45, 2.75) is 77.7 Å². The van der Waals surface area contributed by atoms with E-state index in [0.29, 0.717) is 18.7 Å². The molecule has 3 heterocycles. The molecule has 2 fully saturated rings. The summed E-state index contributed by atoms with van der Waals surface area (Å²) in [5, 5.41) is 3.20. The number of hydrogen-bond donors (Lipinski definition) is 1. The maximum absolute atomic E-state index is 13.1. The summed E-state index contributed by atoms with van der Waals surface area (Å²) < 4.78 is 5.97. The molecule has 1 N–H and O–H groups in total. The lowest BCUT2D eigenvalue weighted by molar-refractivity contribution is -0.133. The molecular formula is C25H33N3O2. The number of aromatic nitrogens is 1. The standard InChI is InChI=1S/C25H33N3O2/c1-4-25(24(29)27-18(2)3)15-21-11-12-23(25)28(21)16-19-8-7-10-22(14-19)30-17-20-9-5-6-13-26-20/h5-10,13-14,18,21,23H,4,11-12,15-17H2,1-3H3,(H,27,29)/t21-,23+,25+/m1/s1. The van der Waals surface area contributed by atoms with Crippen molar-refractivity contribution in [3.05, 3.63) is 59.9 Å². The highest BCUT2D eigenvalue weighted by atomic mass is 16.5. The van der Waals surface area contributed by atoms with E-state index in [4.69, 9.17) is 4.74 Å². The first-order valence-corrected chi connectivity index (χ1v) is 11.2. The molecule has 30 heavy (non-hydrogen) atoms. The van der Waals surface area contributed by atoms with Gasteiger partial charge in [0.05, 0.1) is 11.1 Å². The Morgan fingerprint density at radius 1 is 1.27 bits per heavy atom. The maximum Gasteiger partial charge on any atom is 0.228 e. The van der Waals surface area contributed by atoms with Crippen LogP contribution in [0.5, 0.6) is 5.75 Å². The lowest BCUT2D eigenvalue weighted by Gasteiger charge is -2.36. The van der Waals surface area contributed by atoms with Crippen LogP contribution in [-0.4, -0.2) is 33.9 Å². The van der Waals surface area contributed by atoms with Gasteiger partial charge < -0.3 is 10.1 Å². The van der Waals surface area contributed by atoms with E-state index in [0.717, 1.165) is 37.3 Å². The topological polar surface area (TPSA) is 54.5 Å². The van der Waals surface area contributed by atoms with Crippen LogP contribution in [0.4, 0.5) is 0 Å². The average molecular weight is 408 g/mol. The lowest BCUT2D eigenvalue weighted by Crippen LogP contribution is -2.50.